The molecule has 0 saturated heterocycles. The van der Waals surface area contributed by atoms with E-state index in [2.05, 4.69) is 31.1 Å². The number of aromatic amines is 1. The third kappa shape index (κ3) is 5.90. The van der Waals surface area contributed by atoms with E-state index >= 15 is 0 Å². The molecule has 0 radical (unpaired) electrons. The fourth-order valence-electron chi connectivity index (χ4n) is 4.62. The van der Waals surface area contributed by atoms with E-state index in [1.54, 1.807) is 4.57 Å². The number of aromatic nitrogens is 4. The molecule has 1 fully saturated rings. The molecule has 178 valence electrons. The normalized spacial score (nSPS) is 18.8. The summed E-state index contributed by atoms with van der Waals surface area (Å²) < 4.78 is 3.50. The number of amides is 1. The van der Waals surface area contributed by atoms with E-state index in [4.69, 9.17) is 4.98 Å². The van der Waals surface area contributed by atoms with Gasteiger partial charge in [0.25, 0.3) is 5.56 Å². The van der Waals surface area contributed by atoms with E-state index in [9.17, 15) is 14.4 Å². The van der Waals surface area contributed by atoms with Crippen molar-refractivity contribution >= 4 is 17.1 Å². The fraction of sp³-hybridized carbons (Fsp3) is 0.750. The Hall–Kier alpha value is -2.38. The van der Waals surface area contributed by atoms with Gasteiger partial charge in [0.1, 0.15) is 5.82 Å². The first-order chi connectivity index (χ1) is 15.4. The molecular weight excluding hydrogens is 406 g/mol. The maximum absolute atomic E-state index is 12.7. The number of rotatable bonds is 11. The summed E-state index contributed by atoms with van der Waals surface area (Å²) in [5.41, 5.74) is 0.0904. The molecule has 8 nitrogen and oxygen atoms in total. The highest BCUT2D eigenvalue weighted by atomic mass is 16.2. The lowest BCUT2D eigenvalue weighted by atomic mass is 9.87. The summed E-state index contributed by atoms with van der Waals surface area (Å²) in [7, 11) is 0. The molecule has 2 aromatic heterocycles. The molecule has 0 spiro atoms. The zero-order valence-corrected chi connectivity index (χ0v) is 19.9. The van der Waals surface area contributed by atoms with Crippen LogP contribution < -0.4 is 16.6 Å². The summed E-state index contributed by atoms with van der Waals surface area (Å²) in [5, 5.41) is 3.18. The maximum Gasteiger partial charge on any atom is 0.330 e. The van der Waals surface area contributed by atoms with E-state index in [-0.39, 0.29) is 11.9 Å². The highest BCUT2D eigenvalue weighted by molar-refractivity contribution is 5.77. The van der Waals surface area contributed by atoms with Crippen LogP contribution in [0.15, 0.2) is 9.59 Å². The monoisotopic (exact) mass is 445 g/mol. The number of H-pyrrole nitrogens is 1. The van der Waals surface area contributed by atoms with Gasteiger partial charge in [-0.15, -0.1) is 0 Å². The molecule has 2 N–H and O–H groups in total. The third-order valence-corrected chi connectivity index (χ3v) is 6.64. The quantitative estimate of drug-likeness (QED) is 0.517. The van der Waals surface area contributed by atoms with Crippen molar-refractivity contribution in [3.05, 3.63) is 26.7 Å². The van der Waals surface area contributed by atoms with Gasteiger partial charge in [-0.05, 0) is 44.4 Å². The van der Waals surface area contributed by atoms with Crippen LogP contribution >= 0.6 is 0 Å². The average molecular weight is 446 g/mol. The van der Waals surface area contributed by atoms with Gasteiger partial charge in [0.05, 0.1) is 0 Å². The minimum atomic E-state index is -0.412. The van der Waals surface area contributed by atoms with Crippen molar-refractivity contribution in [2.24, 2.45) is 5.92 Å². The first-order valence-electron chi connectivity index (χ1n) is 12.5. The number of hydrogen-bond donors (Lipinski definition) is 2. The molecule has 1 aliphatic carbocycles. The number of nitrogens with zero attached hydrogens (tertiary/aromatic N) is 3. The van der Waals surface area contributed by atoms with Crippen LogP contribution in [0.2, 0.25) is 0 Å². The topological polar surface area (TPSA) is 102 Å². The van der Waals surface area contributed by atoms with Gasteiger partial charge in [0, 0.05) is 32.0 Å². The standard InChI is InChI=1S/C24H39N5O3/c1-4-6-8-16-28-19(13-14-20(30)25-18-11-9-17(3)10-12-18)26-22-21(28)23(31)27-24(32)29(22)15-7-5-2/h17-18H,4-16H2,1-3H3,(H,25,30)(H,27,31,32). The smallest absolute Gasteiger partial charge is 0.330 e. The maximum atomic E-state index is 12.7. The lowest BCUT2D eigenvalue weighted by molar-refractivity contribution is -0.122. The van der Waals surface area contributed by atoms with Crippen molar-refractivity contribution < 1.29 is 4.79 Å². The van der Waals surface area contributed by atoms with Crippen LogP contribution in [0.3, 0.4) is 0 Å². The van der Waals surface area contributed by atoms with Gasteiger partial charge in [0.15, 0.2) is 11.2 Å². The SMILES string of the molecule is CCCCCn1c(CCC(=O)NC2CCC(C)CC2)nc2c1c(=O)[nH]c(=O)n2CCCC. The number of hydrogen-bond acceptors (Lipinski definition) is 4. The summed E-state index contributed by atoms with van der Waals surface area (Å²) in [5.74, 6) is 1.49. The highest BCUT2D eigenvalue weighted by Crippen LogP contribution is 2.23. The summed E-state index contributed by atoms with van der Waals surface area (Å²) in [6, 6.07) is 0.268. The van der Waals surface area contributed by atoms with Crippen LogP contribution in [0.1, 0.15) is 90.8 Å². The molecule has 0 unspecified atom stereocenters. The van der Waals surface area contributed by atoms with Crippen LogP contribution in [0, 0.1) is 5.92 Å². The van der Waals surface area contributed by atoms with Gasteiger partial charge < -0.3 is 9.88 Å². The van der Waals surface area contributed by atoms with Gasteiger partial charge in [-0.3, -0.25) is 19.1 Å². The number of carbonyl (C=O) groups excluding carboxylic acids is 1. The van der Waals surface area contributed by atoms with Crippen molar-refractivity contribution in [3.8, 4) is 0 Å². The first kappa shape index (κ1) is 24.3. The van der Waals surface area contributed by atoms with E-state index in [0.29, 0.717) is 42.9 Å². The number of nitrogens with one attached hydrogen (secondary N) is 2. The largest absolute Gasteiger partial charge is 0.353 e. The van der Waals surface area contributed by atoms with E-state index < -0.39 is 11.2 Å². The number of fused-ring (bicyclic) bond motifs is 1. The predicted octanol–water partition coefficient (Wildman–Crippen LogP) is 3.50. The van der Waals surface area contributed by atoms with E-state index in [0.717, 1.165) is 63.7 Å². The highest BCUT2D eigenvalue weighted by Gasteiger charge is 2.21. The molecule has 1 saturated carbocycles. The van der Waals surface area contributed by atoms with Crippen molar-refractivity contribution in [2.45, 2.75) is 111 Å². The van der Waals surface area contributed by atoms with Gasteiger partial charge >= 0.3 is 5.69 Å². The van der Waals surface area contributed by atoms with Crippen molar-refractivity contribution in [1.82, 2.24) is 24.4 Å². The van der Waals surface area contributed by atoms with Crippen LogP contribution in [0.25, 0.3) is 11.2 Å². The molecule has 3 rings (SSSR count). The van der Waals surface area contributed by atoms with Crippen molar-refractivity contribution in [3.63, 3.8) is 0 Å². The lowest BCUT2D eigenvalue weighted by Gasteiger charge is -2.26. The molecule has 8 heteroatoms. The number of aryl methyl sites for hydroxylation is 3. The van der Waals surface area contributed by atoms with Crippen LogP contribution in [-0.4, -0.2) is 31.1 Å². The third-order valence-electron chi connectivity index (χ3n) is 6.64. The van der Waals surface area contributed by atoms with E-state index in [1.165, 1.54) is 0 Å². The molecule has 0 bridgehead atoms. The zero-order valence-electron chi connectivity index (χ0n) is 19.9. The molecule has 32 heavy (non-hydrogen) atoms. The minimum absolute atomic E-state index is 0.0361. The molecule has 1 aliphatic rings. The number of imidazole rings is 1. The Morgan fingerprint density at radius 2 is 1.72 bits per heavy atom. The summed E-state index contributed by atoms with van der Waals surface area (Å²) in [6.45, 7) is 7.65. The Morgan fingerprint density at radius 1 is 1.03 bits per heavy atom. The second kappa shape index (κ2) is 11.5. The average Bonchev–Trinajstić information content (AvgIpc) is 3.13. The number of carbonyl (C=O) groups is 1. The van der Waals surface area contributed by atoms with E-state index in [1.807, 2.05) is 4.57 Å². The molecular formula is C24H39N5O3. The van der Waals surface area contributed by atoms with Crippen LogP contribution in [0.5, 0.6) is 0 Å². The zero-order chi connectivity index (χ0) is 23.1. The van der Waals surface area contributed by atoms with Crippen LogP contribution in [-0.2, 0) is 24.3 Å². The molecule has 0 aliphatic heterocycles. The molecule has 2 aromatic rings. The van der Waals surface area contributed by atoms with Gasteiger partial charge in [0.2, 0.25) is 5.91 Å². The fourth-order valence-corrected chi connectivity index (χ4v) is 4.62. The Labute approximate surface area is 189 Å². The molecule has 2 heterocycles. The Morgan fingerprint density at radius 3 is 2.41 bits per heavy atom. The van der Waals surface area contributed by atoms with Gasteiger partial charge in [-0.1, -0.05) is 40.0 Å². The van der Waals surface area contributed by atoms with Gasteiger partial charge in [-0.2, -0.15) is 0 Å². The molecule has 0 aromatic carbocycles. The first-order valence-corrected chi connectivity index (χ1v) is 12.5. The summed E-state index contributed by atoms with van der Waals surface area (Å²) in [4.78, 5) is 45.0. The van der Waals surface area contributed by atoms with Crippen LogP contribution in [0.4, 0.5) is 0 Å². The lowest BCUT2D eigenvalue weighted by Crippen LogP contribution is -2.37. The van der Waals surface area contributed by atoms with Crippen molar-refractivity contribution in [1.29, 1.82) is 0 Å². The number of unbranched alkanes of at least 4 members (excludes halogenated alkanes) is 3. The molecule has 0 atom stereocenters. The van der Waals surface area contributed by atoms with Gasteiger partial charge in [-0.25, -0.2) is 9.78 Å². The predicted molar refractivity (Wildman–Crippen MR) is 127 cm³/mol. The summed E-state index contributed by atoms with van der Waals surface area (Å²) >= 11 is 0. The second-order valence-electron chi connectivity index (χ2n) is 9.35. The second-order valence-corrected chi connectivity index (χ2v) is 9.35. The molecule has 1 amide bonds. The Balaban J connectivity index is 1.83. The minimum Gasteiger partial charge on any atom is -0.353 e. The Kier molecular flexibility index (Phi) is 8.70. The summed E-state index contributed by atoms with van der Waals surface area (Å²) in [6.07, 6.45) is 10.0. The van der Waals surface area contributed by atoms with Crippen molar-refractivity contribution in [2.75, 3.05) is 0 Å². The Bertz CT molecular complexity index is 1010.